The van der Waals surface area contributed by atoms with E-state index in [1.54, 1.807) is 42.5 Å². The maximum Gasteiger partial charge on any atom is 0.231 e. The van der Waals surface area contributed by atoms with Crippen LogP contribution in [0, 0.1) is 0 Å². The third-order valence-corrected chi connectivity index (χ3v) is 7.04. The number of allylic oxidation sites excluding steroid dienone is 1. The van der Waals surface area contributed by atoms with E-state index in [1.807, 2.05) is 0 Å². The molecule has 1 N–H and O–H groups in total. The van der Waals surface area contributed by atoms with Crippen LogP contribution in [0.25, 0.3) is 6.08 Å². The molecule has 0 spiro atoms. The Kier molecular flexibility index (Phi) is 8.80. The van der Waals surface area contributed by atoms with E-state index in [1.165, 1.54) is 46.8 Å². The fourth-order valence-corrected chi connectivity index (χ4v) is 4.81. The number of nitrogens with zero attached hydrogens (tertiary/aromatic N) is 1. The van der Waals surface area contributed by atoms with Gasteiger partial charge in [0.25, 0.3) is 0 Å². The van der Waals surface area contributed by atoms with E-state index < -0.39 is 9.84 Å². The van der Waals surface area contributed by atoms with Crippen LogP contribution in [0.15, 0.2) is 60.1 Å². The van der Waals surface area contributed by atoms with E-state index in [9.17, 15) is 13.2 Å². The van der Waals surface area contributed by atoms with Gasteiger partial charge in [0.1, 0.15) is 17.2 Å². The first kappa shape index (κ1) is 28.3. The van der Waals surface area contributed by atoms with E-state index >= 15 is 0 Å². The van der Waals surface area contributed by atoms with E-state index in [4.69, 9.17) is 28.4 Å². The van der Waals surface area contributed by atoms with Crippen molar-refractivity contribution in [3.05, 3.63) is 77.0 Å². The third-order valence-electron chi connectivity index (χ3n) is 5.79. The minimum atomic E-state index is -3.76. The second kappa shape index (κ2) is 12.4. The molecule has 0 saturated carbocycles. The highest BCUT2D eigenvalue weighted by atomic mass is 32.2. The summed E-state index contributed by atoms with van der Waals surface area (Å²) in [5.41, 5.74) is 1.12. The molecule has 0 unspecified atom stereocenters. The van der Waals surface area contributed by atoms with Crippen molar-refractivity contribution >= 4 is 27.5 Å². The number of benzene rings is 2. The van der Waals surface area contributed by atoms with Crippen molar-refractivity contribution in [2.45, 2.75) is 5.75 Å². The number of hydrogen-bond donors (Lipinski definition) is 1. The Morgan fingerprint density at radius 3 is 2.30 bits per heavy atom. The van der Waals surface area contributed by atoms with E-state index in [-0.39, 0.29) is 29.8 Å². The van der Waals surface area contributed by atoms with Gasteiger partial charge >= 0.3 is 0 Å². The van der Waals surface area contributed by atoms with Crippen LogP contribution in [0.5, 0.6) is 34.5 Å². The van der Waals surface area contributed by atoms with Gasteiger partial charge in [-0.2, -0.15) is 0 Å². The average Bonchev–Trinajstić information content (AvgIpc) is 3.43. The average molecular weight is 569 g/mol. The van der Waals surface area contributed by atoms with Gasteiger partial charge in [0.2, 0.25) is 6.79 Å². The predicted octanol–water partition coefficient (Wildman–Crippen LogP) is 4.24. The lowest BCUT2D eigenvalue weighted by atomic mass is 10.1. The molecule has 0 saturated heterocycles. The molecular weight excluding hydrogens is 540 g/mol. The van der Waals surface area contributed by atoms with Crippen LogP contribution in [-0.4, -0.2) is 54.4 Å². The van der Waals surface area contributed by atoms with Crippen molar-refractivity contribution in [2.24, 2.45) is 0 Å². The number of ether oxygens (including phenoxy) is 6. The molecule has 11 nitrogen and oxygen atoms in total. The lowest BCUT2D eigenvalue weighted by molar-refractivity contribution is 0.104. The van der Waals surface area contributed by atoms with Crippen LogP contribution in [-0.2, 0) is 15.6 Å². The van der Waals surface area contributed by atoms with Crippen LogP contribution >= 0.6 is 0 Å². The number of carbonyl (C=O) groups excluding carboxylic acids is 1. The first-order chi connectivity index (χ1) is 19.3. The number of pyridine rings is 1. The monoisotopic (exact) mass is 568 g/mol. The van der Waals surface area contributed by atoms with Crippen molar-refractivity contribution in [1.29, 1.82) is 0 Å². The summed E-state index contributed by atoms with van der Waals surface area (Å²) in [5, 5.41) is 3.96. The molecule has 4 rings (SSSR count). The van der Waals surface area contributed by atoms with Gasteiger partial charge < -0.3 is 33.7 Å². The fourth-order valence-electron chi connectivity index (χ4n) is 3.80. The number of carbonyl (C=O) groups is 1. The van der Waals surface area contributed by atoms with Crippen LogP contribution < -0.4 is 33.7 Å². The molecular formula is C28H28N2O9S. The zero-order chi connectivity index (χ0) is 28.7. The zero-order valence-corrected chi connectivity index (χ0v) is 23.1. The summed E-state index contributed by atoms with van der Waals surface area (Å²) < 4.78 is 57.7. The number of fused-ring (bicyclic) bond motifs is 1. The van der Waals surface area contributed by atoms with Crippen LogP contribution in [0.4, 0.5) is 5.82 Å². The summed E-state index contributed by atoms with van der Waals surface area (Å²) in [6.45, 7) is 0.113. The van der Waals surface area contributed by atoms with Crippen molar-refractivity contribution in [1.82, 2.24) is 4.98 Å². The lowest BCUT2D eigenvalue weighted by Gasteiger charge is -2.12. The molecule has 1 aliphatic heterocycles. The van der Waals surface area contributed by atoms with Gasteiger partial charge in [0.05, 0.1) is 45.4 Å². The number of anilines is 1. The lowest BCUT2D eigenvalue weighted by Crippen LogP contribution is -2.05. The first-order valence-corrected chi connectivity index (χ1v) is 13.6. The van der Waals surface area contributed by atoms with Gasteiger partial charge in [-0.3, -0.25) is 4.79 Å². The highest BCUT2D eigenvalue weighted by molar-refractivity contribution is 7.93. The summed E-state index contributed by atoms with van der Waals surface area (Å²) in [4.78, 5) is 16.9. The fraction of sp³-hybridized carbons (Fsp3) is 0.214. The van der Waals surface area contributed by atoms with Crippen molar-refractivity contribution in [2.75, 3.05) is 40.5 Å². The Morgan fingerprint density at radius 1 is 0.925 bits per heavy atom. The third kappa shape index (κ3) is 6.64. The summed E-state index contributed by atoms with van der Waals surface area (Å²) >= 11 is 0. The summed E-state index contributed by atoms with van der Waals surface area (Å²) in [5.74, 6) is 2.30. The molecule has 0 fully saturated rings. The Balaban J connectivity index is 1.49. The predicted molar refractivity (Wildman–Crippen MR) is 148 cm³/mol. The molecule has 0 bridgehead atoms. The Morgan fingerprint density at radius 2 is 1.62 bits per heavy atom. The van der Waals surface area contributed by atoms with Crippen molar-refractivity contribution in [3.63, 3.8) is 0 Å². The quantitative estimate of drug-likeness (QED) is 0.249. The van der Waals surface area contributed by atoms with Crippen molar-refractivity contribution < 1.29 is 41.6 Å². The normalized spacial score (nSPS) is 12.5. The number of hydrogen-bond acceptors (Lipinski definition) is 11. The molecule has 0 aliphatic carbocycles. The van der Waals surface area contributed by atoms with E-state index in [2.05, 4.69) is 10.3 Å². The molecule has 2 heterocycles. The first-order valence-electron chi connectivity index (χ1n) is 11.9. The number of aromatic nitrogens is 1. The van der Waals surface area contributed by atoms with Gasteiger partial charge in [-0.25, -0.2) is 13.4 Å². The minimum Gasteiger partial charge on any atom is -0.496 e. The Hall–Kier alpha value is -4.71. The number of sulfone groups is 1. The Labute approximate surface area is 231 Å². The molecule has 0 atom stereocenters. The van der Waals surface area contributed by atoms with Crippen LogP contribution in [0.3, 0.4) is 0 Å². The molecule has 40 heavy (non-hydrogen) atoms. The molecule has 12 heteroatoms. The highest BCUT2D eigenvalue weighted by Gasteiger charge is 2.17. The SMILES string of the molecule is COc1cc(OC)c(/C=C/S(=O)(=O)Cc2ccc(OC)c(N/C=C\C(=O)c3ccc4c(c3)OCO4)n2)c(OC)c1. The minimum absolute atomic E-state index is 0.113. The van der Waals surface area contributed by atoms with Gasteiger partial charge in [-0.05, 0) is 36.4 Å². The molecule has 210 valence electrons. The van der Waals surface area contributed by atoms with E-state index in [0.717, 1.165) is 5.41 Å². The highest BCUT2D eigenvalue weighted by Crippen LogP contribution is 2.35. The zero-order valence-electron chi connectivity index (χ0n) is 22.3. The molecule has 3 aromatic rings. The summed E-state index contributed by atoms with van der Waals surface area (Å²) in [7, 11) is 2.14. The van der Waals surface area contributed by atoms with E-state index in [0.29, 0.717) is 45.6 Å². The number of ketones is 1. The molecule has 0 amide bonds. The molecule has 0 radical (unpaired) electrons. The van der Waals surface area contributed by atoms with Gasteiger partial charge in [-0.1, -0.05) is 0 Å². The second-order valence-corrected chi connectivity index (χ2v) is 10.2. The smallest absolute Gasteiger partial charge is 0.231 e. The van der Waals surface area contributed by atoms with Gasteiger partial charge in [-0.15, -0.1) is 0 Å². The maximum absolute atomic E-state index is 12.9. The summed E-state index contributed by atoms with van der Waals surface area (Å²) in [6.07, 6.45) is 4.12. The van der Waals surface area contributed by atoms with Crippen molar-refractivity contribution in [3.8, 4) is 34.5 Å². The second-order valence-electron chi connectivity index (χ2n) is 8.32. The van der Waals surface area contributed by atoms with Gasteiger partial charge in [0.15, 0.2) is 38.7 Å². The summed E-state index contributed by atoms with van der Waals surface area (Å²) in [6, 6.07) is 11.3. The number of methoxy groups -OCH3 is 4. The molecule has 1 aromatic heterocycles. The maximum atomic E-state index is 12.9. The number of nitrogens with one attached hydrogen (secondary N) is 1. The number of rotatable bonds is 12. The van der Waals surface area contributed by atoms with Crippen LogP contribution in [0.1, 0.15) is 21.6 Å². The molecule has 2 aromatic carbocycles. The standard InChI is InChI=1S/C28H28N2O9S/c1-34-20-14-25(36-3)21(26(15-20)37-4)10-12-40(32,33)16-19-6-8-24(35-2)28(30-19)29-11-9-22(31)18-5-7-23-27(13-18)39-17-38-23/h5-15H,16-17H2,1-4H3,(H,29,30)/b11-9-,12-10+. The van der Waals surface area contributed by atoms with Gasteiger partial charge in [0, 0.05) is 35.4 Å². The molecule has 1 aliphatic rings. The Bertz CT molecular complexity index is 1540. The largest absolute Gasteiger partial charge is 0.496 e. The topological polar surface area (TPSA) is 132 Å². The van der Waals surface area contributed by atoms with Crippen LogP contribution in [0.2, 0.25) is 0 Å².